The summed E-state index contributed by atoms with van der Waals surface area (Å²) >= 11 is 12.1. The molecule has 0 radical (unpaired) electrons. The van der Waals surface area contributed by atoms with Crippen molar-refractivity contribution in [1.82, 2.24) is 10.2 Å². The molecule has 0 bridgehead atoms. The first-order valence-electron chi connectivity index (χ1n) is 4.25. The number of rotatable bonds is 2. The lowest BCUT2D eigenvalue weighted by Crippen LogP contribution is -1.87. The van der Waals surface area contributed by atoms with Crippen molar-refractivity contribution in [2.45, 2.75) is 0 Å². The fourth-order valence-corrected chi connectivity index (χ4v) is 1.79. The Hall–Kier alpha value is -1.19. The van der Waals surface area contributed by atoms with Gasteiger partial charge < -0.3 is 4.74 Å². The maximum Gasteiger partial charge on any atom is 0.138 e. The zero-order valence-electron chi connectivity index (χ0n) is 7.92. The van der Waals surface area contributed by atoms with Crippen molar-refractivity contribution < 1.29 is 4.74 Å². The predicted molar refractivity (Wildman–Crippen MR) is 60.6 cm³/mol. The highest BCUT2D eigenvalue weighted by molar-refractivity contribution is 6.36. The normalized spacial score (nSPS) is 10.3. The van der Waals surface area contributed by atoms with E-state index in [0.29, 0.717) is 15.8 Å². The molecule has 0 aliphatic rings. The molecule has 0 atom stereocenters. The van der Waals surface area contributed by atoms with Gasteiger partial charge in [-0.05, 0) is 12.1 Å². The Kier molecular flexibility index (Phi) is 2.84. The van der Waals surface area contributed by atoms with Crippen molar-refractivity contribution in [2.75, 3.05) is 7.11 Å². The molecule has 1 aromatic carbocycles. The first-order chi connectivity index (χ1) is 7.22. The van der Waals surface area contributed by atoms with Crippen LogP contribution in [0.5, 0.6) is 5.75 Å². The monoisotopic (exact) mass is 242 g/mol. The fraction of sp³-hybridized carbons (Fsp3) is 0.100. The van der Waals surface area contributed by atoms with Gasteiger partial charge in [-0.1, -0.05) is 23.2 Å². The van der Waals surface area contributed by atoms with Gasteiger partial charge in [-0.2, -0.15) is 5.10 Å². The van der Waals surface area contributed by atoms with E-state index in [1.54, 1.807) is 25.4 Å². The average molecular weight is 243 g/mol. The Morgan fingerprint density at radius 3 is 2.67 bits per heavy atom. The average Bonchev–Trinajstić information content (AvgIpc) is 2.74. The minimum Gasteiger partial charge on any atom is -0.495 e. The highest BCUT2D eigenvalue weighted by Gasteiger charge is 2.10. The lowest BCUT2D eigenvalue weighted by atomic mass is 10.1. The molecular weight excluding hydrogens is 235 g/mol. The second kappa shape index (κ2) is 4.13. The van der Waals surface area contributed by atoms with Crippen LogP contribution in [0.3, 0.4) is 0 Å². The largest absolute Gasteiger partial charge is 0.495 e. The Morgan fingerprint density at radius 1 is 1.27 bits per heavy atom. The van der Waals surface area contributed by atoms with Gasteiger partial charge in [0.25, 0.3) is 0 Å². The van der Waals surface area contributed by atoms with Crippen molar-refractivity contribution in [3.63, 3.8) is 0 Å². The van der Waals surface area contributed by atoms with Gasteiger partial charge in [0.2, 0.25) is 0 Å². The van der Waals surface area contributed by atoms with E-state index < -0.39 is 0 Å². The molecule has 0 aliphatic carbocycles. The van der Waals surface area contributed by atoms with Crippen molar-refractivity contribution in [3.05, 3.63) is 34.4 Å². The van der Waals surface area contributed by atoms with Crippen LogP contribution in [-0.2, 0) is 0 Å². The van der Waals surface area contributed by atoms with E-state index in [-0.39, 0.29) is 0 Å². The van der Waals surface area contributed by atoms with Gasteiger partial charge >= 0.3 is 0 Å². The molecule has 0 saturated heterocycles. The number of nitrogens with zero attached hydrogens (tertiary/aromatic N) is 1. The summed E-state index contributed by atoms with van der Waals surface area (Å²) in [6, 6.07) is 5.25. The molecule has 0 saturated carbocycles. The number of methoxy groups -OCH3 is 1. The van der Waals surface area contributed by atoms with Crippen LogP contribution < -0.4 is 4.74 Å². The van der Waals surface area contributed by atoms with Gasteiger partial charge in [-0.3, -0.25) is 5.10 Å². The van der Waals surface area contributed by atoms with Crippen molar-refractivity contribution in [1.29, 1.82) is 0 Å². The van der Waals surface area contributed by atoms with E-state index in [9.17, 15) is 0 Å². The highest BCUT2D eigenvalue weighted by atomic mass is 35.5. The van der Waals surface area contributed by atoms with Gasteiger partial charge in [0, 0.05) is 17.8 Å². The van der Waals surface area contributed by atoms with Crippen molar-refractivity contribution >= 4 is 23.2 Å². The van der Waals surface area contributed by atoms with Gasteiger partial charge in [0.05, 0.1) is 22.8 Å². The summed E-state index contributed by atoms with van der Waals surface area (Å²) in [5.41, 5.74) is 1.63. The molecule has 0 spiro atoms. The zero-order valence-corrected chi connectivity index (χ0v) is 9.43. The number of aromatic nitrogens is 2. The van der Waals surface area contributed by atoms with Crippen molar-refractivity contribution in [3.8, 4) is 17.0 Å². The van der Waals surface area contributed by atoms with Gasteiger partial charge in [0.1, 0.15) is 5.75 Å². The molecule has 0 fully saturated rings. The summed E-state index contributed by atoms with van der Waals surface area (Å²) < 4.78 is 5.06. The second-order valence-corrected chi connectivity index (χ2v) is 3.75. The number of aromatic amines is 1. The van der Waals surface area contributed by atoms with E-state index in [1.807, 2.05) is 6.07 Å². The van der Waals surface area contributed by atoms with E-state index >= 15 is 0 Å². The number of hydrogen-bond donors (Lipinski definition) is 1. The first kappa shape index (κ1) is 10.3. The van der Waals surface area contributed by atoms with Crippen LogP contribution in [0.4, 0.5) is 0 Å². The second-order valence-electron chi connectivity index (χ2n) is 2.94. The summed E-state index contributed by atoms with van der Waals surface area (Å²) in [5, 5.41) is 7.77. The van der Waals surface area contributed by atoms with E-state index in [0.717, 1.165) is 11.3 Å². The third kappa shape index (κ3) is 1.94. The molecule has 1 N–H and O–H groups in total. The number of halogens is 2. The molecule has 2 aromatic rings. The summed E-state index contributed by atoms with van der Waals surface area (Å²) in [4.78, 5) is 0. The summed E-state index contributed by atoms with van der Waals surface area (Å²) in [5.74, 6) is 0.560. The smallest absolute Gasteiger partial charge is 0.138 e. The number of hydrogen-bond acceptors (Lipinski definition) is 2. The third-order valence-electron chi connectivity index (χ3n) is 2.03. The topological polar surface area (TPSA) is 37.9 Å². The molecule has 78 valence electrons. The molecule has 15 heavy (non-hydrogen) atoms. The number of nitrogens with one attached hydrogen (secondary N) is 1. The molecule has 5 heteroatoms. The molecule has 1 aromatic heterocycles. The lowest BCUT2D eigenvalue weighted by molar-refractivity contribution is 0.415. The standard InChI is InChI=1S/C10H8Cl2N2O/c1-15-10-5-7(11)6(4-8(10)12)9-2-3-13-14-9/h2-5H,1H3,(H,13,14). The van der Waals surface area contributed by atoms with E-state index in [4.69, 9.17) is 27.9 Å². The third-order valence-corrected chi connectivity index (χ3v) is 2.64. The number of H-pyrrole nitrogens is 1. The quantitative estimate of drug-likeness (QED) is 0.877. The minimum atomic E-state index is 0.520. The first-order valence-corrected chi connectivity index (χ1v) is 5.00. The van der Waals surface area contributed by atoms with Crippen LogP contribution in [0.25, 0.3) is 11.3 Å². The van der Waals surface area contributed by atoms with Gasteiger partial charge in [-0.25, -0.2) is 0 Å². The van der Waals surface area contributed by atoms with Crippen LogP contribution in [0.1, 0.15) is 0 Å². The van der Waals surface area contributed by atoms with E-state index in [2.05, 4.69) is 10.2 Å². The lowest BCUT2D eigenvalue weighted by Gasteiger charge is -2.07. The Labute approximate surface area is 97.0 Å². The fourth-order valence-electron chi connectivity index (χ4n) is 1.30. The molecule has 0 amide bonds. The molecular formula is C10H8Cl2N2O. The maximum absolute atomic E-state index is 6.09. The Morgan fingerprint density at radius 2 is 2.07 bits per heavy atom. The molecule has 1 heterocycles. The van der Waals surface area contributed by atoms with Crippen LogP contribution in [-0.4, -0.2) is 17.3 Å². The van der Waals surface area contributed by atoms with Gasteiger partial charge in [0.15, 0.2) is 0 Å². The van der Waals surface area contributed by atoms with Crippen LogP contribution >= 0.6 is 23.2 Å². The number of ether oxygens (including phenoxy) is 1. The van der Waals surface area contributed by atoms with Crippen molar-refractivity contribution in [2.24, 2.45) is 0 Å². The molecule has 3 nitrogen and oxygen atoms in total. The van der Waals surface area contributed by atoms with Crippen LogP contribution in [0.2, 0.25) is 10.0 Å². The maximum atomic E-state index is 6.09. The summed E-state index contributed by atoms with van der Waals surface area (Å²) in [7, 11) is 1.55. The Balaban J connectivity index is 2.55. The predicted octanol–water partition coefficient (Wildman–Crippen LogP) is 3.39. The zero-order chi connectivity index (χ0) is 10.8. The number of benzene rings is 1. The Bertz CT molecular complexity index is 469. The van der Waals surface area contributed by atoms with Crippen LogP contribution in [0, 0.1) is 0 Å². The van der Waals surface area contributed by atoms with Crippen LogP contribution in [0.15, 0.2) is 24.4 Å². The highest BCUT2D eigenvalue weighted by Crippen LogP contribution is 2.35. The molecule has 2 rings (SSSR count). The molecule has 0 unspecified atom stereocenters. The summed E-state index contributed by atoms with van der Waals surface area (Å²) in [6.45, 7) is 0. The van der Waals surface area contributed by atoms with E-state index in [1.165, 1.54) is 0 Å². The van der Waals surface area contributed by atoms with Gasteiger partial charge in [-0.15, -0.1) is 0 Å². The minimum absolute atomic E-state index is 0.520. The SMILES string of the molecule is COc1cc(Cl)c(-c2ccn[nH]2)cc1Cl. The molecule has 0 aliphatic heterocycles. The summed E-state index contributed by atoms with van der Waals surface area (Å²) in [6.07, 6.45) is 1.66.